The summed E-state index contributed by atoms with van der Waals surface area (Å²) in [5, 5.41) is 0. The van der Waals surface area contributed by atoms with Crippen LogP contribution in [-0.4, -0.2) is 24.0 Å². The van der Waals surface area contributed by atoms with Crippen molar-refractivity contribution in [1.82, 2.24) is 4.98 Å². The summed E-state index contributed by atoms with van der Waals surface area (Å²) in [6.45, 7) is 1.33. The van der Waals surface area contributed by atoms with Gasteiger partial charge in [0, 0.05) is 25.3 Å². The Morgan fingerprint density at radius 3 is 2.87 bits per heavy atom. The van der Waals surface area contributed by atoms with Crippen LogP contribution in [0.3, 0.4) is 0 Å². The van der Waals surface area contributed by atoms with Gasteiger partial charge in [-0.05, 0) is 25.0 Å². The molecule has 0 spiro atoms. The Morgan fingerprint density at radius 1 is 1.47 bits per heavy atom. The van der Waals surface area contributed by atoms with Crippen LogP contribution in [0.4, 0.5) is 5.82 Å². The highest BCUT2D eigenvalue weighted by molar-refractivity contribution is 6.01. The van der Waals surface area contributed by atoms with Crippen LogP contribution in [-0.2, 0) is 4.74 Å². The van der Waals surface area contributed by atoms with E-state index < -0.39 is 0 Å². The highest BCUT2D eigenvalue weighted by atomic mass is 16.5. The summed E-state index contributed by atoms with van der Waals surface area (Å²) in [6.07, 6.45) is 3.16. The van der Waals surface area contributed by atoms with Crippen molar-refractivity contribution >= 4 is 11.6 Å². The Kier molecular flexibility index (Phi) is 2.97. The zero-order chi connectivity index (χ0) is 10.7. The molecule has 0 unspecified atom stereocenters. The van der Waals surface area contributed by atoms with Crippen molar-refractivity contribution in [2.75, 3.05) is 18.9 Å². The van der Waals surface area contributed by atoms with Crippen LogP contribution in [0, 0.1) is 5.92 Å². The zero-order valence-electron chi connectivity index (χ0n) is 8.48. The van der Waals surface area contributed by atoms with E-state index in [0.717, 1.165) is 12.8 Å². The fraction of sp³-hybridized carbons (Fsp3) is 0.455. The summed E-state index contributed by atoms with van der Waals surface area (Å²) in [5.74, 6) is 0.475. The molecule has 2 N–H and O–H groups in total. The van der Waals surface area contributed by atoms with Crippen LogP contribution in [0.25, 0.3) is 0 Å². The van der Waals surface area contributed by atoms with E-state index in [9.17, 15) is 4.79 Å². The molecule has 1 aromatic heterocycles. The molecule has 0 amide bonds. The average Bonchev–Trinajstić information content (AvgIpc) is 2.30. The van der Waals surface area contributed by atoms with Gasteiger partial charge < -0.3 is 10.5 Å². The largest absolute Gasteiger partial charge is 0.383 e. The monoisotopic (exact) mass is 206 g/mol. The minimum Gasteiger partial charge on any atom is -0.383 e. The smallest absolute Gasteiger partial charge is 0.169 e. The van der Waals surface area contributed by atoms with Crippen molar-refractivity contribution < 1.29 is 9.53 Å². The van der Waals surface area contributed by atoms with Crippen molar-refractivity contribution in [3.8, 4) is 0 Å². The van der Waals surface area contributed by atoms with E-state index in [-0.39, 0.29) is 11.7 Å². The molecule has 4 nitrogen and oxygen atoms in total. The molecule has 2 rings (SSSR count). The van der Waals surface area contributed by atoms with Crippen LogP contribution in [0.2, 0.25) is 0 Å². The van der Waals surface area contributed by atoms with Crippen molar-refractivity contribution in [2.24, 2.45) is 5.92 Å². The van der Waals surface area contributed by atoms with E-state index in [1.54, 1.807) is 18.3 Å². The van der Waals surface area contributed by atoms with E-state index in [2.05, 4.69) is 4.98 Å². The van der Waals surface area contributed by atoms with Gasteiger partial charge in [-0.15, -0.1) is 0 Å². The number of rotatable bonds is 2. The standard InChI is InChI=1S/C11H14N2O2/c12-11-9(2-1-5-13-11)10(14)8-3-6-15-7-4-8/h1-2,5,8H,3-4,6-7H2,(H2,12,13). The molecule has 1 aliphatic heterocycles. The highest BCUT2D eigenvalue weighted by Gasteiger charge is 2.24. The first-order valence-corrected chi connectivity index (χ1v) is 5.11. The molecule has 1 fully saturated rings. The summed E-state index contributed by atoms with van der Waals surface area (Å²) in [4.78, 5) is 16.0. The minimum atomic E-state index is 0.0465. The highest BCUT2D eigenvalue weighted by Crippen LogP contribution is 2.21. The number of nitrogens with zero attached hydrogens (tertiary/aromatic N) is 1. The molecule has 1 aliphatic rings. The van der Waals surface area contributed by atoms with Crippen LogP contribution >= 0.6 is 0 Å². The normalized spacial score (nSPS) is 17.6. The molecule has 2 heterocycles. The predicted molar refractivity (Wildman–Crippen MR) is 56.5 cm³/mol. The van der Waals surface area contributed by atoms with Gasteiger partial charge in [0.05, 0.1) is 5.56 Å². The fourth-order valence-corrected chi connectivity index (χ4v) is 1.81. The minimum absolute atomic E-state index is 0.0465. The molecule has 1 saturated heterocycles. The number of Topliss-reactive ketones (excluding diaryl/α,β-unsaturated/α-hetero) is 1. The first-order chi connectivity index (χ1) is 7.29. The molecule has 0 radical (unpaired) electrons. The Labute approximate surface area is 88.4 Å². The quantitative estimate of drug-likeness (QED) is 0.740. The number of ketones is 1. The zero-order valence-corrected chi connectivity index (χ0v) is 8.48. The third-order valence-electron chi connectivity index (χ3n) is 2.70. The number of aromatic nitrogens is 1. The van der Waals surface area contributed by atoms with E-state index >= 15 is 0 Å². The first kappa shape index (κ1) is 10.1. The molecular formula is C11H14N2O2. The third-order valence-corrected chi connectivity index (χ3v) is 2.70. The van der Waals surface area contributed by atoms with E-state index in [1.807, 2.05) is 0 Å². The first-order valence-electron chi connectivity index (χ1n) is 5.11. The van der Waals surface area contributed by atoms with Crippen molar-refractivity contribution in [1.29, 1.82) is 0 Å². The lowest BCUT2D eigenvalue weighted by Crippen LogP contribution is -2.24. The Morgan fingerprint density at radius 2 is 2.20 bits per heavy atom. The van der Waals surface area contributed by atoms with Crippen molar-refractivity contribution in [2.45, 2.75) is 12.8 Å². The molecule has 15 heavy (non-hydrogen) atoms. The van der Waals surface area contributed by atoms with E-state index in [4.69, 9.17) is 10.5 Å². The lowest BCUT2D eigenvalue weighted by molar-refractivity contribution is 0.0545. The number of carbonyl (C=O) groups is 1. The summed E-state index contributed by atoms with van der Waals surface area (Å²) >= 11 is 0. The van der Waals surface area contributed by atoms with Gasteiger partial charge in [0.2, 0.25) is 0 Å². The van der Waals surface area contributed by atoms with Gasteiger partial charge in [-0.25, -0.2) is 4.98 Å². The second-order valence-electron chi connectivity index (χ2n) is 3.69. The molecule has 80 valence electrons. The number of ether oxygens (including phenoxy) is 1. The summed E-state index contributed by atoms with van der Waals surface area (Å²) in [5.41, 5.74) is 6.21. The molecule has 0 aliphatic carbocycles. The summed E-state index contributed by atoms with van der Waals surface area (Å²) in [6, 6.07) is 3.48. The Hall–Kier alpha value is -1.42. The SMILES string of the molecule is Nc1ncccc1C(=O)C1CCOCC1. The number of carbonyl (C=O) groups excluding carboxylic acids is 1. The second kappa shape index (κ2) is 4.40. The molecule has 1 aromatic rings. The maximum atomic E-state index is 12.0. The third kappa shape index (κ3) is 2.15. The van der Waals surface area contributed by atoms with Crippen molar-refractivity contribution in [3.63, 3.8) is 0 Å². The molecular weight excluding hydrogens is 192 g/mol. The van der Waals surface area contributed by atoms with E-state index in [0.29, 0.717) is 24.6 Å². The van der Waals surface area contributed by atoms with Crippen LogP contribution < -0.4 is 5.73 Å². The molecule has 4 heteroatoms. The number of nitrogen functional groups attached to an aromatic ring is 1. The topological polar surface area (TPSA) is 65.2 Å². The Balaban J connectivity index is 2.16. The lowest BCUT2D eigenvalue weighted by atomic mass is 9.91. The molecule has 0 atom stereocenters. The average molecular weight is 206 g/mol. The van der Waals surface area contributed by atoms with Gasteiger partial charge in [0.15, 0.2) is 5.78 Å². The van der Waals surface area contributed by atoms with Gasteiger partial charge in [0.1, 0.15) is 5.82 Å². The number of nitrogens with two attached hydrogens (primary N) is 1. The Bertz CT molecular complexity index is 359. The molecule has 0 aromatic carbocycles. The fourth-order valence-electron chi connectivity index (χ4n) is 1.81. The summed E-state index contributed by atoms with van der Waals surface area (Å²) in [7, 11) is 0. The van der Waals surface area contributed by atoms with Gasteiger partial charge in [0.25, 0.3) is 0 Å². The molecule has 0 saturated carbocycles. The number of anilines is 1. The van der Waals surface area contributed by atoms with Crippen LogP contribution in [0.1, 0.15) is 23.2 Å². The predicted octanol–water partition coefficient (Wildman–Crippen LogP) is 1.27. The molecule has 0 bridgehead atoms. The van der Waals surface area contributed by atoms with Gasteiger partial charge >= 0.3 is 0 Å². The van der Waals surface area contributed by atoms with Gasteiger partial charge in [-0.1, -0.05) is 0 Å². The summed E-state index contributed by atoms with van der Waals surface area (Å²) < 4.78 is 5.22. The number of hydrogen-bond acceptors (Lipinski definition) is 4. The van der Waals surface area contributed by atoms with Crippen molar-refractivity contribution in [3.05, 3.63) is 23.9 Å². The maximum Gasteiger partial charge on any atom is 0.169 e. The second-order valence-corrected chi connectivity index (χ2v) is 3.69. The van der Waals surface area contributed by atoms with Gasteiger partial charge in [-0.3, -0.25) is 4.79 Å². The van der Waals surface area contributed by atoms with Crippen LogP contribution in [0.5, 0.6) is 0 Å². The lowest BCUT2D eigenvalue weighted by Gasteiger charge is -2.20. The van der Waals surface area contributed by atoms with Crippen LogP contribution in [0.15, 0.2) is 18.3 Å². The van der Waals surface area contributed by atoms with Gasteiger partial charge in [-0.2, -0.15) is 0 Å². The van der Waals surface area contributed by atoms with E-state index in [1.165, 1.54) is 0 Å². The maximum absolute atomic E-state index is 12.0. The number of hydrogen-bond donors (Lipinski definition) is 1. The number of pyridine rings is 1.